The summed E-state index contributed by atoms with van der Waals surface area (Å²) in [5.41, 5.74) is 0. The zero-order chi connectivity index (χ0) is 11.5. The predicted molar refractivity (Wildman–Crippen MR) is 59.2 cm³/mol. The van der Waals surface area contributed by atoms with Gasteiger partial charge in [-0.25, -0.2) is 0 Å². The first kappa shape index (κ1) is 10.6. The maximum atomic E-state index is 11.7. The van der Waals surface area contributed by atoms with E-state index in [1.807, 2.05) is 0 Å². The van der Waals surface area contributed by atoms with Gasteiger partial charge in [0.25, 0.3) is 0 Å². The van der Waals surface area contributed by atoms with Crippen LogP contribution in [0.25, 0.3) is 0 Å². The molecular formula is C11H13N3O2. The summed E-state index contributed by atoms with van der Waals surface area (Å²) in [5.74, 6) is 1.19. The lowest BCUT2D eigenvalue weighted by Gasteiger charge is -2.14. The summed E-state index contributed by atoms with van der Waals surface area (Å²) in [6, 6.07) is 0. The Balaban J connectivity index is 2.23. The molecule has 2 rings (SSSR count). The highest BCUT2D eigenvalue weighted by Crippen LogP contribution is 2.24. The van der Waals surface area contributed by atoms with Crippen LogP contribution in [0.1, 0.15) is 6.42 Å². The maximum Gasteiger partial charge on any atom is 0.234 e. The van der Waals surface area contributed by atoms with Gasteiger partial charge >= 0.3 is 0 Å². The van der Waals surface area contributed by atoms with Gasteiger partial charge in [-0.3, -0.25) is 14.7 Å². The number of hydrogen-bond donors (Lipinski definition) is 0. The monoisotopic (exact) mass is 219 g/mol. The highest BCUT2D eigenvalue weighted by molar-refractivity contribution is 5.94. The fourth-order valence-electron chi connectivity index (χ4n) is 1.68. The molecule has 0 bridgehead atoms. The van der Waals surface area contributed by atoms with Crippen molar-refractivity contribution in [1.29, 1.82) is 0 Å². The SMILES string of the molecule is C=CC1CC(=O)N(c2cncc(OC)n2)C1. The first-order valence-corrected chi connectivity index (χ1v) is 5.03. The van der Waals surface area contributed by atoms with Crippen molar-refractivity contribution < 1.29 is 9.53 Å². The molecule has 0 saturated carbocycles. The van der Waals surface area contributed by atoms with Crippen LogP contribution in [-0.4, -0.2) is 29.5 Å². The zero-order valence-corrected chi connectivity index (χ0v) is 9.09. The van der Waals surface area contributed by atoms with Gasteiger partial charge in [0, 0.05) is 18.9 Å². The summed E-state index contributed by atoms with van der Waals surface area (Å²) in [4.78, 5) is 21.5. The van der Waals surface area contributed by atoms with Crippen LogP contribution in [0.3, 0.4) is 0 Å². The van der Waals surface area contributed by atoms with Crippen LogP contribution in [0.4, 0.5) is 5.82 Å². The Morgan fingerprint density at radius 3 is 3.06 bits per heavy atom. The van der Waals surface area contributed by atoms with Gasteiger partial charge in [-0.1, -0.05) is 6.08 Å². The van der Waals surface area contributed by atoms with Crippen molar-refractivity contribution in [1.82, 2.24) is 9.97 Å². The smallest absolute Gasteiger partial charge is 0.234 e. The number of rotatable bonds is 3. The van der Waals surface area contributed by atoms with Crippen LogP contribution >= 0.6 is 0 Å². The number of aromatic nitrogens is 2. The average Bonchev–Trinajstić information content (AvgIpc) is 2.71. The summed E-state index contributed by atoms with van der Waals surface area (Å²) < 4.78 is 4.97. The molecule has 1 aromatic heterocycles. The van der Waals surface area contributed by atoms with E-state index >= 15 is 0 Å². The molecule has 1 unspecified atom stereocenters. The third-order valence-electron chi connectivity index (χ3n) is 2.57. The van der Waals surface area contributed by atoms with E-state index in [2.05, 4.69) is 16.5 Å². The molecule has 16 heavy (non-hydrogen) atoms. The maximum absolute atomic E-state index is 11.7. The highest BCUT2D eigenvalue weighted by Gasteiger charge is 2.29. The number of carbonyl (C=O) groups is 1. The van der Waals surface area contributed by atoms with Crippen molar-refractivity contribution in [3.63, 3.8) is 0 Å². The van der Waals surface area contributed by atoms with Gasteiger partial charge in [-0.2, -0.15) is 4.98 Å². The third-order valence-corrected chi connectivity index (χ3v) is 2.57. The summed E-state index contributed by atoms with van der Waals surface area (Å²) in [7, 11) is 1.52. The van der Waals surface area contributed by atoms with E-state index in [-0.39, 0.29) is 11.8 Å². The predicted octanol–water partition coefficient (Wildman–Crippen LogP) is 1.02. The van der Waals surface area contributed by atoms with Crippen molar-refractivity contribution in [2.75, 3.05) is 18.6 Å². The molecule has 84 valence electrons. The fraction of sp³-hybridized carbons (Fsp3) is 0.364. The molecule has 5 heteroatoms. The quantitative estimate of drug-likeness (QED) is 0.712. The number of anilines is 1. The van der Waals surface area contributed by atoms with E-state index in [4.69, 9.17) is 4.74 Å². The Morgan fingerprint density at radius 1 is 1.62 bits per heavy atom. The lowest BCUT2D eigenvalue weighted by molar-refractivity contribution is -0.117. The van der Waals surface area contributed by atoms with Gasteiger partial charge in [0.1, 0.15) is 0 Å². The van der Waals surface area contributed by atoms with Gasteiger partial charge in [-0.05, 0) is 0 Å². The van der Waals surface area contributed by atoms with Crippen LogP contribution in [0, 0.1) is 5.92 Å². The second-order valence-corrected chi connectivity index (χ2v) is 3.62. The standard InChI is InChI=1S/C11H13N3O2/c1-3-8-4-11(15)14(7-8)9-5-12-6-10(13-9)16-2/h3,5-6,8H,1,4,7H2,2H3. The molecule has 0 radical (unpaired) electrons. The number of amides is 1. The second-order valence-electron chi connectivity index (χ2n) is 3.62. The van der Waals surface area contributed by atoms with Gasteiger partial charge < -0.3 is 4.74 Å². The zero-order valence-electron chi connectivity index (χ0n) is 9.09. The molecule has 1 amide bonds. The Kier molecular flexibility index (Phi) is 2.85. The lowest BCUT2D eigenvalue weighted by atomic mass is 10.1. The van der Waals surface area contributed by atoms with Crippen molar-refractivity contribution in [2.45, 2.75) is 6.42 Å². The van der Waals surface area contributed by atoms with E-state index in [1.165, 1.54) is 13.3 Å². The molecule has 1 aliphatic heterocycles. The topological polar surface area (TPSA) is 55.3 Å². The molecule has 0 spiro atoms. The molecule has 5 nitrogen and oxygen atoms in total. The van der Waals surface area contributed by atoms with Crippen LogP contribution in [-0.2, 0) is 4.79 Å². The number of hydrogen-bond acceptors (Lipinski definition) is 4. The minimum absolute atomic E-state index is 0.0486. The van der Waals surface area contributed by atoms with Crippen LogP contribution < -0.4 is 9.64 Å². The summed E-state index contributed by atoms with van der Waals surface area (Å²) >= 11 is 0. The molecule has 1 aromatic rings. The molecule has 0 aromatic carbocycles. The fourth-order valence-corrected chi connectivity index (χ4v) is 1.68. The van der Waals surface area contributed by atoms with Gasteiger partial charge in [0.05, 0.1) is 19.5 Å². The van der Waals surface area contributed by atoms with E-state index in [1.54, 1.807) is 17.2 Å². The minimum Gasteiger partial charge on any atom is -0.480 e. The molecule has 0 N–H and O–H groups in total. The minimum atomic E-state index is 0.0486. The van der Waals surface area contributed by atoms with Crippen LogP contribution in [0.15, 0.2) is 25.0 Å². The van der Waals surface area contributed by atoms with Crippen LogP contribution in [0.5, 0.6) is 5.88 Å². The number of ether oxygens (including phenoxy) is 1. The normalized spacial score (nSPS) is 19.9. The van der Waals surface area contributed by atoms with E-state index < -0.39 is 0 Å². The molecule has 2 heterocycles. The molecule has 1 fully saturated rings. The largest absolute Gasteiger partial charge is 0.480 e. The van der Waals surface area contributed by atoms with E-state index in [9.17, 15) is 4.79 Å². The van der Waals surface area contributed by atoms with E-state index in [0.29, 0.717) is 24.7 Å². The Morgan fingerprint density at radius 2 is 2.44 bits per heavy atom. The number of carbonyl (C=O) groups excluding carboxylic acids is 1. The molecule has 1 aliphatic rings. The van der Waals surface area contributed by atoms with E-state index in [0.717, 1.165) is 0 Å². The third kappa shape index (κ3) is 1.88. The first-order chi connectivity index (χ1) is 7.74. The Labute approximate surface area is 93.8 Å². The van der Waals surface area contributed by atoms with Crippen LogP contribution in [0.2, 0.25) is 0 Å². The Bertz CT molecular complexity index is 419. The molecular weight excluding hydrogens is 206 g/mol. The molecule has 1 saturated heterocycles. The lowest BCUT2D eigenvalue weighted by Crippen LogP contribution is -2.25. The van der Waals surface area contributed by atoms with Crippen molar-refractivity contribution >= 4 is 11.7 Å². The average molecular weight is 219 g/mol. The van der Waals surface area contributed by atoms with Gasteiger partial charge in [0.15, 0.2) is 5.82 Å². The molecule has 1 atom stereocenters. The van der Waals surface area contributed by atoms with Crippen molar-refractivity contribution in [2.24, 2.45) is 5.92 Å². The van der Waals surface area contributed by atoms with Crippen molar-refractivity contribution in [3.8, 4) is 5.88 Å². The first-order valence-electron chi connectivity index (χ1n) is 5.03. The number of nitrogens with zero attached hydrogens (tertiary/aromatic N) is 3. The summed E-state index contributed by atoms with van der Waals surface area (Å²) in [5, 5.41) is 0. The second kappa shape index (κ2) is 4.30. The summed E-state index contributed by atoms with van der Waals surface area (Å²) in [6.07, 6.45) is 5.36. The number of methoxy groups -OCH3 is 1. The van der Waals surface area contributed by atoms with Crippen molar-refractivity contribution in [3.05, 3.63) is 25.0 Å². The van der Waals surface area contributed by atoms with Gasteiger partial charge in [0.2, 0.25) is 11.8 Å². The highest BCUT2D eigenvalue weighted by atomic mass is 16.5. The summed E-state index contributed by atoms with van der Waals surface area (Å²) in [6.45, 7) is 4.31. The molecule has 0 aliphatic carbocycles. The Hall–Kier alpha value is -1.91. The van der Waals surface area contributed by atoms with Gasteiger partial charge in [-0.15, -0.1) is 6.58 Å².